The van der Waals surface area contributed by atoms with Gasteiger partial charge < -0.3 is 9.80 Å². The van der Waals surface area contributed by atoms with Crippen molar-refractivity contribution >= 4 is 22.6 Å². The standard InChI is InChI=1S/C28H43N5O/c34-25-22-23-14-20-31(21-15-23)16-8-4-2-1-3-5-11-19-33-28-24(27(25)30-33)12-13-26(29-28)32-17-9-6-7-10-18-32/h12-13,23H,1-11,14-22H2. The number of aromatic nitrogens is 3. The van der Waals surface area contributed by atoms with Crippen LogP contribution in [0.25, 0.3) is 11.0 Å². The van der Waals surface area contributed by atoms with Crippen molar-refractivity contribution in [3.05, 3.63) is 17.8 Å². The molecule has 6 nitrogen and oxygen atoms in total. The zero-order valence-electron chi connectivity index (χ0n) is 21.0. The van der Waals surface area contributed by atoms with Gasteiger partial charge in [0.25, 0.3) is 0 Å². The summed E-state index contributed by atoms with van der Waals surface area (Å²) >= 11 is 0. The molecule has 186 valence electrons. The molecule has 4 bridgehead atoms. The molecule has 6 heterocycles. The Morgan fingerprint density at radius 1 is 0.706 bits per heavy atom. The Kier molecular flexibility index (Phi) is 8.15. The molecule has 0 amide bonds. The number of hydrogen-bond donors (Lipinski definition) is 0. The second-order valence-corrected chi connectivity index (χ2v) is 10.9. The first-order chi connectivity index (χ1) is 16.8. The summed E-state index contributed by atoms with van der Waals surface area (Å²) in [5.74, 6) is 1.76. The van der Waals surface area contributed by atoms with Crippen molar-refractivity contribution in [3.8, 4) is 0 Å². The van der Waals surface area contributed by atoms with E-state index in [9.17, 15) is 4.79 Å². The number of hydrogen-bond acceptors (Lipinski definition) is 5. The van der Waals surface area contributed by atoms with Gasteiger partial charge in [0.05, 0.1) is 5.39 Å². The fraction of sp³-hybridized carbons (Fsp3) is 0.750. The van der Waals surface area contributed by atoms with Gasteiger partial charge >= 0.3 is 0 Å². The number of Topliss-reactive ketones (excluding diaryl/α,β-unsaturated/α-hetero) is 1. The van der Waals surface area contributed by atoms with Crippen LogP contribution in [0.4, 0.5) is 5.82 Å². The van der Waals surface area contributed by atoms with E-state index in [2.05, 4.69) is 26.6 Å². The van der Waals surface area contributed by atoms with E-state index in [0.717, 1.165) is 68.8 Å². The highest BCUT2D eigenvalue weighted by atomic mass is 16.1. The first kappa shape index (κ1) is 23.8. The Balaban J connectivity index is 1.40. The van der Waals surface area contributed by atoms with Gasteiger partial charge in [-0.15, -0.1) is 0 Å². The first-order valence-corrected chi connectivity index (χ1v) is 14.2. The lowest BCUT2D eigenvalue weighted by Crippen LogP contribution is -2.35. The number of aryl methyl sites for hydroxylation is 1. The fourth-order valence-electron chi connectivity index (χ4n) is 6.13. The number of anilines is 1. The average Bonchev–Trinajstić information content (AvgIpc) is 3.02. The highest BCUT2D eigenvalue weighted by Crippen LogP contribution is 2.28. The minimum absolute atomic E-state index is 0.215. The van der Waals surface area contributed by atoms with Gasteiger partial charge in [-0.1, -0.05) is 44.9 Å². The number of rotatable bonds is 1. The molecule has 0 radical (unpaired) electrons. The summed E-state index contributed by atoms with van der Waals surface area (Å²) < 4.78 is 2.05. The van der Waals surface area contributed by atoms with Crippen LogP contribution in [0, 0.1) is 5.92 Å². The SMILES string of the molecule is O=C1CC2CCN(CCCCCCCCCn3nc1c1ccc(N4CCCCCC4)nc13)CC2. The Morgan fingerprint density at radius 2 is 1.32 bits per heavy atom. The molecule has 2 fully saturated rings. The molecule has 4 aliphatic heterocycles. The first-order valence-electron chi connectivity index (χ1n) is 14.2. The predicted molar refractivity (Wildman–Crippen MR) is 139 cm³/mol. The summed E-state index contributed by atoms with van der Waals surface area (Å²) in [5.41, 5.74) is 1.58. The minimum Gasteiger partial charge on any atom is -0.357 e. The van der Waals surface area contributed by atoms with Crippen LogP contribution < -0.4 is 4.90 Å². The van der Waals surface area contributed by atoms with Gasteiger partial charge in [0.2, 0.25) is 0 Å². The van der Waals surface area contributed by atoms with E-state index in [1.807, 2.05) is 0 Å². The van der Waals surface area contributed by atoms with E-state index in [1.54, 1.807) is 0 Å². The topological polar surface area (TPSA) is 54.3 Å². The second kappa shape index (κ2) is 11.7. The molecule has 0 N–H and O–H groups in total. The van der Waals surface area contributed by atoms with Crippen molar-refractivity contribution in [1.82, 2.24) is 19.7 Å². The molecule has 0 spiro atoms. The molecule has 6 heteroatoms. The summed E-state index contributed by atoms with van der Waals surface area (Å²) in [6.07, 6.45) is 17.0. The molecule has 4 aliphatic rings. The maximum Gasteiger partial charge on any atom is 0.184 e. The molecule has 34 heavy (non-hydrogen) atoms. The number of fused-ring (bicyclic) bond motifs is 12. The highest BCUT2D eigenvalue weighted by Gasteiger charge is 2.25. The highest BCUT2D eigenvalue weighted by molar-refractivity contribution is 6.05. The molecule has 0 unspecified atom stereocenters. The van der Waals surface area contributed by atoms with Gasteiger partial charge in [-0.05, 0) is 76.2 Å². The average molecular weight is 466 g/mol. The summed E-state index contributed by atoms with van der Waals surface area (Å²) in [4.78, 5) is 23.6. The van der Waals surface area contributed by atoms with Crippen LogP contribution in [-0.4, -0.2) is 58.2 Å². The number of carbonyl (C=O) groups is 1. The van der Waals surface area contributed by atoms with Crippen LogP contribution in [0.3, 0.4) is 0 Å². The zero-order valence-corrected chi connectivity index (χ0v) is 21.0. The number of carbonyl (C=O) groups excluding carboxylic acids is 1. The molecule has 0 saturated carbocycles. The monoisotopic (exact) mass is 465 g/mol. The van der Waals surface area contributed by atoms with Gasteiger partial charge in [-0.2, -0.15) is 5.10 Å². The Bertz CT molecular complexity index is 938. The largest absolute Gasteiger partial charge is 0.357 e. The Morgan fingerprint density at radius 3 is 2.03 bits per heavy atom. The van der Waals surface area contributed by atoms with Crippen molar-refractivity contribution < 1.29 is 4.79 Å². The van der Waals surface area contributed by atoms with Gasteiger partial charge in [-0.3, -0.25) is 4.79 Å². The molecule has 6 rings (SSSR count). The van der Waals surface area contributed by atoms with Crippen LogP contribution in [0.2, 0.25) is 0 Å². The Hall–Kier alpha value is -1.95. The molecule has 2 aromatic heterocycles. The summed E-state index contributed by atoms with van der Waals surface area (Å²) in [6.45, 7) is 6.55. The van der Waals surface area contributed by atoms with Crippen molar-refractivity contribution in [2.75, 3.05) is 37.6 Å². The fourth-order valence-corrected chi connectivity index (χ4v) is 6.13. The van der Waals surface area contributed by atoms with Crippen molar-refractivity contribution in [2.45, 2.75) is 96.4 Å². The zero-order chi connectivity index (χ0) is 23.2. The molecule has 2 saturated heterocycles. The normalized spacial score (nSPS) is 26.2. The third-order valence-corrected chi connectivity index (χ3v) is 8.30. The lowest BCUT2D eigenvalue weighted by molar-refractivity contribution is 0.0923. The van der Waals surface area contributed by atoms with Crippen LogP contribution in [-0.2, 0) is 6.54 Å². The molecule has 0 atom stereocenters. The van der Waals surface area contributed by atoms with Crippen LogP contribution in [0.5, 0.6) is 0 Å². The van der Waals surface area contributed by atoms with E-state index in [-0.39, 0.29) is 5.78 Å². The van der Waals surface area contributed by atoms with Gasteiger partial charge in [-0.25, -0.2) is 9.67 Å². The molecular formula is C28H43N5O. The smallest absolute Gasteiger partial charge is 0.184 e. The second-order valence-electron chi connectivity index (χ2n) is 10.9. The van der Waals surface area contributed by atoms with Crippen molar-refractivity contribution in [1.29, 1.82) is 0 Å². The van der Waals surface area contributed by atoms with E-state index in [4.69, 9.17) is 10.1 Å². The minimum atomic E-state index is 0.215. The predicted octanol–water partition coefficient (Wildman–Crippen LogP) is 5.84. The molecule has 0 aromatic carbocycles. The van der Waals surface area contributed by atoms with Crippen LogP contribution in [0.1, 0.15) is 100 Å². The van der Waals surface area contributed by atoms with Crippen LogP contribution >= 0.6 is 0 Å². The summed E-state index contributed by atoms with van der Waals surface area (Å²) in [5, 5.41) is 5.85. The lowest BCUT2D eigenvalue weighted by Gasteiger charge is -2.31. The molecular weight excluding hydrogens is 422 g/mol. The summed E-state index contributed by atoms with van der Waals surface area (Å²) in [7, 11) is 0. The Labute approximate surface area is 205 Å². The number of pyridine rings is 1. The third kappa shape index (κ3) is 5.81. The number of piperidine rings is 1. The van der Waals surface area contributed by atoms with Gasteiger partial charge in [0, 0.05) is 26.1 Å². The van der Waals surface area contributed by atoms with Crippen molar-refractivity contribution in [3.63, 3.8) is 0 Å². The lowest BCUT2D eigenvalue weighted by atomic mass is 9.90. The molecule has 0 aliphatic carbocycles. The van der Waals surface area contributed by atoms with E-state index < -0.39 is 0 Å². The van der Waals surface area contributed by atoms with Crippen LogP contribution in [0.15, 0.2) is 12.1 Å². The van der Waals surface area contributed by atoms with Gasteiger partial charge in [0.1, 0.15) is 11.5 Å². The third-order valence-electron chi connectivity index (χ3n) is 8.30. The maximum atomic E-state index is 13.4. The number of ketones is 1. The van der Waals surface area contributed by atoms with E-state index in [0.29, 0.717) is 18.0 Å². The van der Waals surface area contributed by atoms with Crippen molar-refractivity contribution in [2.24, 2.45) is 5.92 Å². The van der Waals surface area contributed by atoms with Gasteiger partial charge in [0.15, 0.2) is 11.4 Å². The maximum absolute atomic E-state index is 13.4. The van der Waals surface area contributed by atoms with E-state index in [1.165, 1.54) is 70.8 Å². The molecule has 2 aromatic rings. The number of nitrogens with zero attached hydrogens (tertiary/aromatic N) is 5. The summed E-state index contributed by atoms with van der Waals surface area (Å²) in [6, 6.07) is 4.26. The quantitative estimate of drug-likeness (QED) is 0.529. The van der Waals surface area contributed by atoms with E-state index >= 15 is 0 Å².